The van der Waals surface area contributed by atoms with E-state index in [4.69, 9.17) is 16.3 Å². The molecule has 2 N–H and O–H groups in total. The first-order chi connectivity index (χ1) is 15.7. The van der Waals surface area contributed by atoms with Gasteiger partial charge in [0.1, 0.15) is 24.0 Å². The zero-order valence-electron chi connectivity index (χ0n) is 17.2. The molecule has 0 fully saturated rings. The molecule has 0 saturated heterocycles. The minimum absolute atomic E-state index is 0.0560. The lowest BCUT2D eigenvalue weighted by atomic mass is 10.0. The number of imidazole rings is 1. The summed E-state index contributed by atoms with van der Waals surface area (Å²) in [6, 6.07) is 24.7. The Hall–Kier alpha value is -3.41. The Balaban J connectivity index is 1.38. The van der Waals surface area contributed by atoms with Crippen molar-refractivity contribution in [3.05, 3.63) is 107 Å². The predicted molar refractivity (Wildman–Crippen MR) is 126 cm³/mol. The molecule has 0 aliphatic rings. The molecule has 160 valence electrons. The van der Waals surface area contributed by atoms with Gasteiger partial charge < -0.3 is 15.0 Å². The molecule has 0 spiro atoms. The molecular weight excluding hydrogens is 425 g/mol. The van der Waals surface area contributed by atoms with Crippen molar-refractivity contribution in [3.8, 4) is 5.75 Å². The highest BCUT2D eigenvalue weighted by molar-refractivity contribution is 6.31. The van der Waals surface area contributed by atoms with E-state index in [1.807, 2.05) is 48.5 Å². The van der Waals surface area contributed by atoms with Crippen LogP contribution in [-0.2, 0) is 19.7 Å². The second-order valence-electron chi connectivity index (χ2n) is 7.56. The number of benzene rings is 4. The second-order valence-corrected chi connectivity index (χ2v) is 7.96. The van der Waals surface area contributed by atoms with Crippen molar-refractivity contribution in [3.63, 3.8) is 0 Å². The Bertz CT molecular complexity index is 1350. The number of fused-ring (bicyclic) bond motifs is 2. The van der Waals surface area contributed by atoms with Crippen LogP contribution >= 0.6 is 11.6 Å². The quantitative estimate of drug-likeness (QED) is 0.305. The molecule has 4 aromatic carbocycles. The third-order valence-corrected chi connectivity index (χ3v) is 5.82. The summed E-state index contributed by atoms with van der Waals surface area (Å²) in [5, 5.41) is 6.02. The van der Waals surface area contributed by atoms with Gasteiger partial charge in [-0.15, -0.1) is 0 Å². The highest BCUT2D eigenvalue weighted by Crippen LogP contribution is 2.30. The monoisotopic (exact) mass is 445 g/mol. The number of nitrogens with one attached hydrogen (secondary N) is 2. The fourth-order valence-electron chi connectivity index (χ4n) is 3.85. The molecular formula is C26H21ClFN3O. The van der Waals surface area contributed by atoms with Crippen LogP contribution in [0.4, 0.5) is 4.39 Å². The van der Waals surface area contributed by atoms with Gasteiger partial charge >= 0.3 is 0 Å². The fraction of sp³-hybridized carbons (Fsp3) is 0.115. The number of rotatable bonds is 7. The van der Waals surface area contributed by atoms with Crippen LogP contribution < -0.4 is 10.1 Å². The molecule has 0 radical (unpaired) electrons. The highest BCUT2D eigenvalue weighted by atomic mass is 35.5. The number of ether oxygens (including phenoxy) is 1. The average molecular weight is 446 g/mol. The van der Waals surface area contributed by atoms with Gasteiger partial charge in [-0.1, -0.05) is 60.1 Å². The minimum Gasteiger partial charge on any atom is -0.488 e. The standard InChI is InChI=1S/C26H21ClFN3O/c27-21-8-5-9-22(28)20(21)16-32-25-13-12-17-6-1-2-7-18(17)19(25)14-29-15-26-30-23-10-3-4-11-24(23)31-26/h1-13,29H,14-16H2,(H,30,31). The molecule has 5 aromatic rings. The Morgan fingerprint density at radius 1 is 0.875 bits per heavy atom. The Kier molecular flexibility index (Phi) is 5.75. The van der Waals surface area contributed by atoms with Crippen LogP contribution in [0.2, 0.25) is 5.02 Å². The zero-order valence-corrected chi connectivity index (χ0v) is 18.0. The first kappa shape index (κ1) is 20.5. The summed E-state index contributed by atoms with van der Waals surface area (Å²) in [5.41, 5.74) is 3.32. The van der Waals surface area contributed by atoms with Crippen LogP contribution in [0.1, 0.15) is 17.0 Å². The number of aromatic amines is 1. The average Bonchev–Trinajstić information content (AvgIpc) is 3.22. The Morgan fingerprint density at radius 2 is 1.72 bits per heavy atom. The number of aromatic nitrogens is 2. The van der Waals surface area contributed by atoms with Crippen molar-refractivity contribution >= 4 is 33.4 Å². The number of nitrogens with zero attached hydrogens (tertiary/aromatic N) is 1. The Labute approximate surface area is 190 Å². The molecule has 0 bridgehead atoms. The lowest BCUT2D eigenvalue weighted by Crippen LogP contribution is -2.15. The number of H-pyrrole nitrogens is 1. The number of hydrogen-bond acceptors (Lipinski definition) is 3. The molecule has 0 aliphatic heterocycles. The van der Waals surface area contributed by atoms with Gasteiger partial charge in [-0.2, -0.15) is 0 Å². The molecule has 5 rings (SSSR count). The molecule has 0 amide bonds. The summed E-state index contributed by atoms with van der Waals surface area (Å²) in [4.78, 5) is 7.95. The number of para-hydroxylation sites is 2. The molecule has 6 heteroatoms. The SMILES string of the molecule is Fc1cccc(Cl)c1COc1ccc2ccccc2c1CNCc1nc2ccccc2[nH]1. The summed E-state index contributed by atoms with van der Waals surface area (Å²) in [5.74, 6) is 1.19. The maximum Gasteiger partial charge on any atom is 0.131 e. The van der Waals surface area contributed by atoms with Gasteiger partial charge in [0.2, 0.25) is 0 Å². The second kappa shape index (κ2) is 8.99. The van der Waals surface area contributed by atoms with Crippen molar-refractivity contribution in [1.82, 2.24) is 15.3 Å². The third kappa shape index (κ3) is 4.17. The van der Waals surface area contributed by atoms with Gasteiger partial charge in [-0.05, 0) is 41.1 Å². The molecule has 32 heavy (non-hydrogen) atoms. The van der Waals surface area contributed by atoms with E-state index in [1.54, 1.807) is 12.1 Å². The highest BCUT2D eigenvalue weighted by Gasteiger charge is 2.13. The minimum atomic E-state index is -0.372. The molecule has 0 aliphatic carbocycles. The lowest BCUT2D eigenvalue weighted by molar-refractivity contribution is 0.296. The molecule has 0 saturated carbocycles. The summed E-state index contributed by atoms with van der Waals surface area (Å²) < 4.78 is 20.3. The molecule has 4 nitrogen and oxygen atoms in total. The van der Waals surface area contributed by atoms with Gasteiger partial charge in [-0.3, -0.25) is 0 Å². The fourth-order valence-corrected chi connectivity index (χ4v) is 4.07. The molecule has 0 atom stereocenters. The zero-order chi connectivity index (χ0) is 21.9. The number of hydrogen-bond donors (Lipinski definition) is 2. The van der Waals surface area contributed by atoms with Crippen LogP contribution in [0, 0.1) is 5.82 Å². The van der Waals surface area contributed by atoms with E-state index in [2.05, 4.69) is 27.4 Å². The van der Waals surface area contributed by atoms with Crippen molar-refractivity contribution in [2.45, 2.75) is 19.7 Å². The van der Waals surface area contributed by atoms with Crippen molar-refractivity contribution in [1.29, 1.82) is 0 Å². The van der Waals surface area contributed by atoms with Crippen LogP contribution in [0.3, 0.4) is 0 Å². The van der Waals surface area contributed by atoms with Crippen LogP contribution in [-0.4, -0.2) is 9.97 Å². The van der Waals surface area contributed by atoms with E-state index >= 15 is 0 Å². The first-order valence-electron chi connectivity index (χ1n) is 10.4. The third-order valence-electron chi connectivity index (χ3n) is 5.46. The van der Waals surface area contributed by atoms with Crippen LogP contribution in [0.25, 0.3) is 21.8 Å². The van der Waals surface area contributed by atoms with Gasteiger partial charge in [0.15, 0.2) is 0 Å². The van der Waals surface area contributed by atoms with Gasteiger partial charge in [0.25, 0.3) is 0 Å². The van der Waals surface area contributed by atoms with E-state index in [9.17, 15) is 4.39 Å². The van der Waals surface area contributed by atoms with Gasteiger partial charge in [-0.25, -0.2) is 9.37 Å². The van der Waals surface area contributed by atoms with Gasteiger partial charge in [0, 0.05) is 17.7 Å². The predicted octanol–water partition coefficient (Wildman–Crippen LogP) is 6.38. The van der Waals surface area contributed by atoms with E-state index in [0.717, 1.165) is 33.2 Å². The Morgan fingerprint density at radius 3 is 2.59 bits per heavy atom. The summed E-state index contributed by atoms with van der Waals surface area (Å²) in [7, 11) is 0. The smallest absolute Gasteiger partial charge is 0.131 e. The largest absolute Gasteiger partial charge is 0.488 e. The topological polar surface area (TPSA) is 49.9 Å². The van der Waals surface area contributed by atoms with E-state index in [0.29, 0.717) is 29.4 Å². The maximum atomic E-state index is 14.2. The first-order valence-corrected chi connectivity index (χ1v) is 10.8. The summed E-state index contributed by atoms with van der Waals surface area (Å²) >= 11 is 6.17. The van der Waals surface area contributed by atoms with E-state index in [1.165, 1.54) is 6.07 Å². The van der Waals surface area contributed by atoms with Crippen molar-refractivity contribution in [2.24, 2.45) is 0 Å². The van der Waals surface area contributed by atoms with Crippen molar-refractivity contribution < 1.29 is 9.13 Å². The van der Waals surface area contributed by atoms with E-state index in [-0.39, 0.29) is 12.4 Å². The number of halogens is 2. The lowest BCUT2D eigenvalue weighted by Gasteiger charge is -2.16. The summed E-state index contributed by atoms with van der Waals surface area (Å²) in [6.07, 6.45) is 0. The molecule has 1 heterocycles. The van der Waals surface area contributed by atoms with E-state index < -0.39 is 0 Å². The van der Waals surface area contributed by atoms with Crippen molar-refractivity contribution in [2.75, 3.05) is 0 Å². The van der Waals surface area contributed by atoms with Crippen LogP contribution in [0.15, 0.2) is 78.9 Å². The van der Waals surface area contributed by atoms with Gasteiger partial charge in [0.05, 0.1) is 22.6 Å². The maximum absolute atomic E-state index is 14.2. The normalized spacial score (nSPS) is 11.3. The molecule has 1 aromatic heterocycles. The summed E-state index contributed by atoms with van der Waals surface area (Å²) in [6.45, 7) is 1.20. The molecule has 0 unspecified atom stereocenters. The van der Waals surface area contributed by atoms with Crippen LogP contribution in [0.5, 0.6) is 5.75 Å².